The van der Waals surface area contributed by atoms with Crippen molar-refractivity contribution in [2.24, 2.45) is 0 Å². The maximum absolute atomic E-state index is 11.9. The second-order valence-electron chi connectivity index (χ2n) is 5.59. The number of hydrogen-bond donors (Lipinski definition) is 1. The highest BCUT2D eigenvalue weighted by atomic mass is 31.3. The fourth-order valence-corrected chi connectivity index (χ4v) is 5.14. The lowest BCUT2D eigenvalue weighted by atomic mass is 10.2. The quantitative estimate of drug-likeness (QED) is 0.398. The van der Waals surface area contributed by atoms with Crippen LogP contribution in [-0.4, -0.2) is 22.3 Å². The summed E-state index contributed by atoms with van der Waals surface area (Å²) in [7, 11) is -17.7. The van der Waals surface area contributed by atoms with E-state index >= 15 is 0 Å². The first-order valence-corrected chi connectivity index (χ1v) is 11.8. The molecule has 1 saturated heterocycles. The van der Waals surface area contributed by atoms with Gasteiger partial charge in [0.1, 0.15) is 12.0 Å². The number of nitrogen functional groups attached to an aromatic ring is 1. The summed E-state index contributed by atoms with van der Waals surface area (Å²) < 4.78 is 50.2. The minimum absolute atomic E-state index is 0.0496. The van der Waals surface area contributed by atoms with Crippen molar-refractivity contribution in [2.45, 2.75) is 32.1 Å². The van der Waals surface area contributed by atoms with Crippen molar-refractivity contribution < 1.29 is 51.2 Å². The molecule has 0 aliphatic carbocycles. The number of nitrogens with zero attached hydrogens (tertiary/aromatic N) is 2. The van der Waals surface area contributed by atoms with Crippen molar-refractivity contribution in [3.63, 3.8) is 0 Å². The summed E-state index contributed by atoms with van der Waals surface area (Å²) in [5.41, 5.74) is 5.35. The number of aryl methyl sites for hydroxylation is 1. The summed E-state index contributed by atoms with van der Waals surface area (Å²) in [5, 5.41) is 0. The van der Waals surface area contributed by atoms with Crippen LogP contribution in [0, 0.1) is 6.92 Å². The molecule has 1 aliphatic heterocycles. The smallest absolute Gasteiger partial charge is 0.351 e. The van der Waals surface area contributed by atoms with Gasteiger partial charge in [0.05, 0.1) is 20.5 Å². The van der Waals surface area contributed by atoms with Gasteiger partial charge >= 0.3 is 5.69 Å². The minimum atomic E-state index is -6.06. The highest BCUT2D eigenvalue weighted by Crippen LogP contribution is 2.60. The number of phosphoric ester groups is 1. The molecule has 0 aromatic carbocycles. The van der Waals surface area contributed by atoms with E-state index in [-0.39, 0.29) is 18.7 Å². The second kappa shape index (κ2) is 8.42. The first-order chi connectivity index (χ1) is 12.7. The summed E-state index contributed by atoms with van der Waals surface area (Å²) in [6.45, 7) is 0.907. The molecular weight excluding hydrogens is 447 g/mol. The molecule has 18 heteroatoms. The Labute approximate surface area is 157 Å². The van der Waals surface area contributed by atoms with Gasteiger partial charge in [0, 0.05) is 11.8 Å². The van der Waals surface area contributed by atoms with Crippen molar-refractivity contribution in [1.29, 1.82) is 0 Å². The van der Waals surface area contributed by atoms with E-state index in [1.54, 1.807) is 6.92 Å². The zero-order valence-corrected chi connectivity index (χ0v) is 16.7. The van der Waals surface area contributed by atoms with Crippen LogP contribution in [0.15, 0.2) is 11.0 Å². The monoisotopic (exact) mass is 461 g/mol. The van der Waals surface area contributed by atoms with E-state index in [1.165, 1.54) is 6.20 Å². The highest BCUT2D eigenvalue weighted by Gasteiger charge is 2.30. The van der Waals surface area contributed by atoms with Crippen LogP contribution in [0.5, 0.6) is 0 Å². The number of nitrogens with two attached hydrogens (primary N) is 1. The first kappa shape index (κ1) is 23.3. The summed E-state index contributed by atoms with van der Waals surface area (Å²) >= 11 is 0. The number of aromatic nitrogens is 2. The number of phosphoric acid groups is 3. The molecule has 4 atom stereocenters. The van der Waals surface area contributed by atoms with Crippen molar-refractivity contribution in [1.82, 2.24) is 9.55 Å². The Hall–Kier alpha value is -0.950. The SMILES string of the molecule is Cc1cn([C@@H]2CC[C@H](COP(=O)([O-])OP(=O)([O-])OP(=O)([O-])[O-])O2)c(=O)nc1N. The Balaban J connectivity index is 1.95. The maximum atomic E-state index is 11.9. The molecule has 15 nitrogen and oxygen atoms in total. The van der Waals surface area contributed by atoms with Crippen LogP contribution in [0.4, 0.5) is 5.82 Å². The molecule has 2 heterocycles. The van der Waals surface area contributed by atoms with Crippen molar-refractivity contribution in [2.75, 3.05) is 12.3 Å². The zero-order valence-electron chi connectivity index (χ0n) is 14.1. The van der Waals surface area contributed by atoms with Crippen LogP contribution in [0.3, 0.4) is 0 Å². The summed E-state index contributed by atoms with van der Waals surface area (Å²) in [5.74, 6) is 0.0496. The summed E-state index contributed by atoms with van der Waals surface area (Å²) in [6, 6.07) is 0. The van der Waals surface area contributed by atoms with Gasteiger partial charge in [0.25, 0.3) is 15.6 Å². The van der Waals surface area contributed by atoms with Crippen LogP contribution in [0.1, 0.15) is 24.6 Å². The standard InChI is InChI=1S/C10H18N3O12P3/c1-6-4-13(10(14)12-9(6)11)8-3-2-7(23-8)5-22-27(18,19)25-28(20,21)24-26(15,16)17/h4,7-8H,2-3,5H2,1H3,(H,18,19)(H,20,21)(H2,11,12,14)(H2,15,16,17)/p-4/t7-,8+/m1/s1. The van der Waals surface area contributed by atoms with E-state index in [1.807, 2.05) is 0 Å². The van der Waals surface area contributed by atoms with Gasteiger partial charge in [0.15, 0.2) is 0 Å². The summed E-state index contributed by atoms with van der Waals surface area (Å²) in [4.78, 5) is 58.5. The van der Waals surface area contributed by atoms with Gasteiger partial charge in [-0.15, -0.1) is 0 Å². The maximum Gasteiger partial charge on any atom is 0.351 e. The molecule has 1 aliphatic rings. The number of rotatable bonds is 8. The average molecular weight is 461 g/mol. The first-order valence-electron chi connectivity index (χ1n) is 7.39. The van der Waals surface area contributed by atoms with Crippen molar-refractivity contribution in [3.05, 3.63) is 22.2 Å². The predicted molar refractivity (Wildman–Crippen MR) is 81.7 cm³/mol. The Morgan fingerprint density at radius 3 is 2.46 bits per heavy atom. The van der Waals surface area contributed by atoms with Gasteiger partial charge in [-0.3, -0.25) is 18.0 Å². The molecule has 2 N–H and O–H groups in total. The zero-order chi connectivity index (χ0) is 21.3. The van der Waals surface area contributed by atoms with Crippen LogP contribution in [-0.2, 0) is 31.6 Å². The molecule has 0 amide bonds. The Morgan fingerprint density at radius 2 is 1.86 bits per heavy atom. The molecule has 0 radical (unpaired) electrons. The Bertz CT molecular complexity index is 928. The predicted octanol–water partition coefficient (Wildman–Crippen LogP) is -2.37. The molecule has 0 spiro atoms. The van der Waals surface area contributed by atoms with Crippen LogP contribution in [0.2, 0.25) is 0 Å². The van der Waals surface area contributed by atoms with Crippen LogP contribution in [0.25, 0.3) is 0 Å². The molecule has 2 unspecified atom stereocenters. The number of anilines is 1. The molecule has 160 valence electrons. The molecule has 1 aromatic heterocycles. The minimum Gasteiger partial charge on any atom is -0.790 e. The van der Waals surface area contributed by atoms with E-state index in [0.29, 0.717) is 5.56 Å². The molecular formula is C10H14N3O12P3-4. The average Bonchev–Trinajstić information content (AvgIpc) is 2.94. The van der Waals surface area contributed by atoms with Crippen molar-refractivity contribution in [3.8, 4) is 0 Å². The number of hydrogen-bond acceptors (Lipinski definition) is 14. The van der Waals surface area contributed by atoms with E-state index < -0.39 is 48.1 Å². The molecule has 0 bridgehead atoms. The lowest BCUT2D eigenvalue weighted by Gasteiger charge is -2.37. The van der Waals surface area contributed by atoms with Crippen LogP contribution >= 0.6 is 23.5 Å². The normalized spacial score (nSPS) is 24.6. The number of ether oxygens (including phenoxy) is 1. The molecule has 0 saturated carbocycles. The second-order valence-corrected chi connectivity index (χ2v) is 9.84. The highest BCUT2D eigenvalue weighted by molar-refractivity contribution is 7.64. The Morgan fingerprint density at radius 1 is 1.21 bits per heavy atom. The van der Waals surface area contributed by atoms with E-state index in [4.69, 9.17) is 10.5 Å². The van der Waals surface area contributed by atoms with Gasteiger partial charge in [-0.2, -0.15) is 4.98 Å². The Kier molecular flexibility index (Phi) is 7.02. The lowest BCUT2D eigenvalue weighted by molar-refractivity contribution is -0.339. The van der Waals surface area contributed by atoms with Gasteiger partial charge in [-0.1, -0.05) is 0 Å². The van der Waals surface area contributed by atoms with E-state index in [9.17, 15) is 38.1 Å². The van der Waals surface area contributed by atoms with Crippen molar-refractivity contribution >= 4 is 29.3 Å². The molecule has 1 fully saturated rings. The van der Waals surface area contributed by atoms with Crippen LogP contribution < -0.4 is 31.0 Å². The van der Waals surface area contributed by atoms with Gasteiger partial charge in [-0.25, -0.2) is 9.11 Å². The molecule has 1 aromatic rings. The van der Waals surface area contributed by atoms with Gasteiger partial charge in [0.2, 0.25) is 0 Å². The largest absolute Gasteiger partial charge is 0.790 e. The van der Waals surface area contributed by atoms with E-state index in [2.05, 4.69) is 18.1 Å². The molecule has 28 heavy (non-hydrogen) atoms. The third kappa shape index (κ3) is 6.83. The van der Waals surface area contributed by atoms with E-state index in [0.717, 1.165) is 4.57 Å². The third-order valence-corrected chi connectivity index (χ3v) is 7.05. The van der Waals surface area contributed by atoms with Gasteiger partial charge in [-0.05, 0) is 19.8 Å². The van der Waals surface area contributed by atoms with Gasteiger partial charge < -0.3 is 39.1 Å². The summed E-state index contributed by atoms with van der Waals surface area (Å²) in [6.07, 6.45) is 0.248. The third-order valence-electron chi connectivity index (χ3n) is 3.39. The fourth-order valence-electron chi connectivity index (χ4n) is 2.26. The lowest BCUT2D eigenvalue weighted by Crippen LogP contribution is -2.29. The fraction of sp³-hybridized carbons (Fsp3) is 0.600. The topological polar surface area (TPSA) is 241 Å². The molecule has 2 rings (SSSR count).